The molecule has 0 radical (unpaired) electrons. The molecule has 32 heavy (non-hydrogen) atoms. The number of methoxy groups -OCH3 is 1. The Bertz CT molecular complexity index is 907. The van der Waals surface area contributed by atoms with Gasteiger partial charge in [-0.1, -0.05) is 0 Å². The number of amides is 4. The lowest BCUT2D eigenvalue weighted by Crippen LogP contribution is -2.45. The fourth-order valence-corrected chi connectivity index (χ4v) is 3.93. The largest absolute Gasteiger partial charge is 0.382 e. The summed E-state index contributed by atoms with van der Waals surface area (Å²) in [6, 6.07) is 4.66. The van der Waals surface area contributed by atoms with Crippen LogP contribution in [0.15, 0.2) is 18.2 Å². The van der Waals surface area contributed by atoms with Crippen molar-refractivity contribution >= 4 is 23.6 Å². The molecule has 9 nitrogen and oxygen atoms in total. The second-order valence-electron chi connectivity index (χ2n) is 8.95. The Hall–Kier alpha value is -2.78. The first-order chi connectivity index (χ1) is 15.1. The number of carbonyl (C=O) groups is 4. The maximum Gasteiger partial charge on any atom is 0.262 e. The van der Waals surface area contributed by atoms with Gasteiger partial charge in [-0.3, -0.25) is 24.1 Å². The molecule has 0 aliphatic carbocycles. The van der Waals surface area contributed by atoms with Crippen molar-refractivity contribution in [1.82, 2.24) is 14.7 Å². The number of benzene rings is 1. The van der Waals surface area contributed by atoms with Crippen LogP contribution in [0.3, 0.4) is 0 Å². The van der Waals surface area contributed by atoms with Crippen LogP contribution in [0.25, 0.3) is 0 Å². The van der Waals surface area contributed by atoms with Crippen LogP contribution in [0, 0.1) is 0 Å². The number of ether oxygens (including phenoxy) is 2. The van der Waals surface area contributed by atoms with Gasteiger partial charge in [-0.05, 0) is 45.4 Å². The third kappa shape index (κ3) is 4.99. The molecule has 174 valence electrons. The first-order valence-corrected chi connectivity index (χ1v) is 10.8. The highest BCUT2D eigenvalue weighted by atomic mass is 16.5. The lowest BCUT2D eigenvalue weighted by atomic mass is 10.0. The highest BCUT2D eigenvalue weighted by Gasteiger charge is 2.42. The number of nitrogens with zero attached hydrogens (tertiary/aromatic N) is 3. The molecular formula is C23H31N3O6. The smallest absolute Gasteiger partial charge is 0.262 e. The van der Waals surface area contributed by atoms with Crippen molar-refractivity contribution in [1.29, 1.82) is 0 Å². The summed E-state index contributed by atoms with van der Waals surface area (Å²) in [6.45, 7) is 8.03. The van der Waals surface area contributed by atoms with Gasteiger partial charge >= 0.3 is 0 Å². The van der Waals surface area contributed by atoms with Crippen LogP contribution in [0.2, 0.25) is 0 Å². The van der Waals surface area contributed by atoms with Gasteiger partial charge in [-0.2, -0.15) is 0 Å². The van der Waals surface area contributed by atoms with E-state index in [-0.39, 0.29) is 35.8 Å². The van der Waals surface area contributed by atoms with E-state index in [9.17, 15) is 19.2 Å². The van der Waals surface area contributed by atoms with Crippen LogP contribution >= 0.6 is 0 Å². The van der Waals surface area contributed by atoms with Gasteiger partial charge < -0.3 is 19.3 Å². The number of carbonyl (C=O) groups excluding carboxylic acids is 4. The van der Waals surface area contributed by atoms with E-state index in [2.05, 4.69) is 0 Å². The molecule has 0 aromatic heterocycles. The third-order valence-corrected chi connectivity index (χ3v) is 5.60. The van der Waals surface area contributed by atoms with Crippen molar-refractivity contribution in [3.63, 3.8) is 0 Å². The molecule has 2 aliphatic heterocycles. The van der Waals surface area contributed by atoms with E-state index >= 15 is 0 Å². The van der Waals surface area contributed by atoms with Gasteiger partial charge in [0.05, 0.1) is 24.3 Å². The van der Waals surface area contributed by atoms with E-state index in [1.54, 1.807) is 49.8 Å². The van der Waals surface area contributed by atoms with Gasteiger partial charge in [-0.25, -0.2) is 0 Å². The maximum atomic E-state index is 13.1. The zero-order valence-electron chi connectivity index (χ0n) is 19.2. The topological polar surface area (TPSA) is 96.5 Å². The number of fused-ring (bicyclic) bond motifs is 1. The van der Waals surface area contributed by atoms with Gasteiger partial charge in [0.1, 0.15) is 6.61 Å². The minimum atomic E-state index is -0.647. The number of rotatable bonds is 6. The summed E-state index contributed by atoms with van der Waals surface area (Å²) in [5, 5.41) is 0. The fourth-order valence-electron chi connectivity index (χ4n) is 3.93. The van der Waals surface area contributed by atoms with Crippen LogP contribution in [0.5, 0.6) is 0 Å². The second kappa shape index (κ2) is 9.79. The van der Waals surface area contributed by atoms with E-state index in [4.69, 9.17) is 9.47 Å². The Labute approximate surface area is 188 Å². The van der Waals surface area contributed by atoms with Crippen molar-refractivity contribution in [2.45, 2.75) is 32.7 Å². The van der Waals surface area contributed by atoms with Crippen molar-refractivity contribution in [3.05, 3.63) is 34.9 Å². The Balaban J connectivity index is 1.66. The van der Waals surface area contributed by atoms with Crippen LogP contribution < -0.4 is 0 Å². The molecule has 9 heteroatoms. The molecular weight excluding hydrogens is 414 g/mol. The van der Waals surface area contributed by atoms with Gasteiger partial charge in [0, 0.05) is 44.4 Å². The van der Waals surface area contributed by atoms with Crippen molar-refractivity contribution < 1.29 is 28.7 Å². The van der Waals surface area contributed by atoms with Crippen LogP contribution in [0.1, 0.15) is 58.3 Å². The van der Waals surface area contributed by atoms with Crippen molar-refractivity contribution in [2.24, 2.45) is 0 Å². The average molecular weight is 446 g/mol. The van der Waals surface area contributed by atoms with Gasteiger partial charge in [0.15, 0.2) is 0 Å². The van der Waals surface area contributed by atoms with Gasteiger partial charge in [0.2, 0.25) is 5.91 Å². The molecule has 0 atom stereocenters. The minimum Gasteiger partial charge on any atom is -0.382 e. The molecule has 0 N–H and O–H groups in total. The number of hydrogen-bond acceptors (Lipinski definition) is 6. The van der Waals surface area contributed by atoms with Crippen molar-refractivity contribution in [3.8, 4) is 0 Å². The van der Waals surface area contributed by atoms with E-state index in [1.165, 1.54) is 11.0 Å². The summed E-state index contributed by atoms with van der Waals surface area (Å²) < 4.78 is 10.2. The predicted octanol–water partition coefficient (Wildman–Crippen LogP) is 1.42. The van der Waals surface area contributed by atoms with Gasteiger partial charge in [0.25, 0.3) is 17.7 Å². The van der Waals surface area contributed by atoms with Crippen LogP contribution in [-0.4, -0.2) is 97.0 Å². The maximum absolute atomic E-state index is 13.1. The first kappa shape index (κ1) is 23.9. The number of imide groups is 1. The second-order valence-corrected chi connectivity index (χ2v) is 8.95. The molecule has 2 heterocycles. The van der Waals surface area contributed by atoms with E-state index in [1.807, 2.05) is 0 Å². The summed E-state index contributed by atoms with van der Waals surface area (Å²) in [5.41, 5.74) is 0.298. The monoisotopic (exact) mass is 445 g/mol. The third-order valence-electron chi connectivity index (χ3n) is 5.60. The Kier molecular flexibility index (Phi) is 7.30. The quantitative estimate of drug-likeness (QED) is 0.485. The standard InChI is InChI=1S/C23H31N3O6/c1-23(2,3)26-21(29)17-7-6-16(14-18(17)22(26)30)20(28)25-9-5-8-24(10-11-25)19(27)15-32-13-12-31-4/h6-7,14H,5,8-13,15H2,1-4H3. The molecule has 1 saturated heterocycles. The zero-order valence-corrected chi connectivity index (χ0v) is 19.2. The summed E-state index contributed by atoms with van der Waals surface area (Å²) in [7, 11) is 1.57. The molecule has 4 amide bonds. The molecule has 0 unspecified atom stereocenters. The summed E-state index contributed by atoms with van der Waals surface area (Å²) in [4.78, 5) is 55.6. The zero-order chi connectivity index (χ0) is 23.5. The predicted molar refractivity (Wildman–Crippen MR) is 116 cm³/mol. The molecule has 1 fully saturated rings. The molecule has 2 aliphatic rings. The molecule has 0 spiro atoms. The minimum absolute atomic E-state index is 0.0114. The van der Waals surface area contributed by atoms with E-state index < -0.39 is 5.54 Å². The Morgan fingerprint density at radius 3 is 2.28 bits per heavy atom. The van der Waals surface area contributed by atoms with Crippen molar-refractivity contribution in [2.75, 3.05) is 53.1 Å². The van der Waals surface area contributed by atoms with Crippen LogP contribution in [-0.2, 0) is 14.3 Å². The van der Waals surface area contributed by atoms with Gasteiger partial charge in [-0.15, -0.1) is 0 Å². The molecule has 1 aromatic rings. The lowest BCUT2D eigenvalue weighted by Gasteiger charge is -2.29. The fraction of sp³-hybridized carbons (Fsp3) is 0.565. The summed E-state index contributed by atoms with van der Waals surface area (Å²) >= 11 is 0. The molecule has 1 aromatic carbocycles. The Morgan fingerprint density at radius 1 is 0.938 bits per heavy atom. The normalized spacial score (nSPS) is 16.9. The average Bonchev–Trinajstić information content (AvgIpc) is 2.90. The summed E-state index contributed by atoms with van der Waals surface area (Å²) in [6.07, 6.45) is 0.649. The Morgan fingerprint density at radius 2 is 1.59 bits per heavy atom. The molecule has 3 rings (SSSR count). The van der Waals surface area contributed by atoms with E-state index in [0.717, 1.165) is 0 Å². The summed E-state index contributed by atoms with van der Waals surface area (Å²) in [5.74, 6) is -1.05. The first-order valence-electron chi connectivity index (χ1n) is 10.8. The van der Waals surface area contributed by atoms with E-state index in [0.29, 0.717) is 56.9 Å². The highest BCUT2D eigenvalue weighted by molar-refractivity contribution is 6.22. The van der Waals surface area contributed by atoms with Crippen LogP contribution in [0.4, 0.5) is 0 Å². The SMILES string of the molecule is COCCOCC(=O)N1CCCN(C(=O)c2ccc3c(c2)C(=O)N(C(C)(C)C)C3=O)CC1. The molecule has 0 bridgehead atoms. The lowest BCUT2D eigenvalue weighted by molar-refractivity contribution is -0.136. The highest BCUT2D eigenvalue weighted by Crippen LogP contribution is 2.30. The number of hydrogen-bond donors (Lipinski definition) is 0. The molecule has 0 saturated carbocycles.